The second-order valence-electron chi connectivity index (χ2n) is 32.6. The highest BCUT2D eigenvalue weighted by molar-refractivity contribution is 14.1. The maximum Gasteiger partial charge on any atom is 0.412 e. The number of fused-ring (bicyclic) bond motifs is 8. The summed E-state index contributed by atoms with van der Waals surface area (Å²) in [7, 11) is 0. The maximum atomic E-state index is 14.2. The molecule has 0 radical (unpaired) electrons. The zero-order valence-electron chi connectivity index (χ0n) is 56.3. The lowest BCUT2D eigenvalue weighted by atomic mass is 9.78. The number of carbonyl (C=O) groups excluding carboxylic acids is 1. The van der Waals surface area contributed by atoms with Crippen molar-refractivity contribution in [2.45, 2.75) is 209 Å². The number of carbonyl (C=O) groups is 1. The summed E-state index contributed by atoms with van der Waals surface area (Å²) in [4.78, 5) is 34.2. The Labute approximate surface area is 529 Å². The van der Waals surface area contributed by atoms with Crippen LogP contribution in [0.5, 0.6) is 0 Å². The fraction of sp³-hybridized carbons (Fsp3) is 0.423. The molecule has 0 spiro atoms. The Morgan fingerprint density at radius 2 is 0.640 bits per heavy atom. The lowest BCUT2D eigenvalue weighted by molar-refractivity contribution is 0.173. The number of amides is 1. The molecular formula is C78H96IN5O2. The van der Waals surface area contributed by atoms with Crippen LogP contribution in [0.4, 0.5) is 4.79 Å². The minimum atomic E-state index is -0.558. The van der Waals surface area contributed by atoms with Crippen LogP contribution in [0, 0.1) is 0 Å². The molecule has 8 heteroatoms. The number of nitrogens with one attached hydrogen (secondary N) is 3. The van der Waals surface area contributed by atoms with Crippen molar-refractivity contribution < 1.29 is 9.53 Å². The van der Waals surface area contributed by atoms with Crippen molar-refractivity contribution in [1.82, 2.24) is 25.3 Å². The molecule has 2 aliphatic heterocycles. The van der Waals surface area contributed by atoms with E-state index in [9.17, 15) is 4.79 Å². The van der Waals surface area contributed by atoms with E-state index in [4.69, 9.17) is 14.7 Å². The second-order valence-corrected chi connectivity index (χ2v) is 33.2. The number of nitrogens with zero attached hydrogens (tertiary/aromatic N) is 2. The van der Waals surface area contributed by atoms with Gasteiger partial charge in [-0.05, 0) is 175 Å². The van der Waals surface area contributed by atoms with Crippen LogP contribution in [0.25, 0.3) is 90.5 Å². The lowest BCUT2D eigenvalue weighted by Gasteiger charge is -2.26. The Kier molecular flexibility index (Phi) is 16.6. The average molecular weight is 1260 g/mol. The number of ether oxygens (including phenoxy) is 1. The molecule has 0 unspecified atom stereocenters. The zero-order chi connectivity index (χ0) is 63.4. The molecule has 8 bridgehead atoms. The maximum absolute atomic E-state index is 14.2. The first-order valence-electron chi connectivity index (χ1n) is 30.8. The molecule has 3 N–H and O–H groups in total. The number of alkyl carbamates (subject to hydrolysis) is 1. The Morgan fingerprint density at radius 1 is 0.384 bits per heavy atom. The predicted molar refractivity (Wildman–Crippen MR) is 378 cm³/mol. The van der Waals surface area contributed by atoms with E-state index in [0.29, 0.717) is 17.1 Å². The molecule has 2 aliphatic rings. The van der Waals surface area contributed by atoms with E-state index >= 15 is 0 Å². The van der Waals surface area contributed by atoms with E-state index < -0.39 is 6.09 Å². The monoisotopic (exact) mass is 1260 g/mol. The summed E-state index contributed by atoms with van der Waals surface area (Å²) in [6.45, 7) is 54.9. The SMILES string of the molecule is CC(C)(C)c1cc(-c2c3nc(c(-c4cc(C(C)(C)C)cc(C(C)(C)C)c4)c4ccc([nH]4)c(-c4cc(C(C)(C)C)cc(C(C)(C)C)c4)c4nc(c(-c5cc(C(C)(C)C)cc(C(C)(C)C)c5)c5ccc2[nH]5)C=C4NC(=O)OCI)C=C3)cc(C(C)(C)C)c1. The topological polar surface area (TPSA) is 95.7 Å². The number of aromatic amines is 2. The summed E-state index contributed by atoms with van der Waals surface area (Å²) in [6, 6.07) is 37.2. The summed E-state index contributed by atoms with van der Waals surface area (Å²) in [5.41, 5.74) is 23.4. The van der Waals surface area contributed by atoms with Gasteiger partial charge < -0.3 is 14.7 Å². The van der Waals surface area contributed by atoms with Crippen LogP contribution in [0.15, 0.2) is 97.1 Å². The van der Waals surface area contributed by atoms with Crippen LogP contribution >= 0.6 is 22.6 Å². The van der Waals surface area contributed by atoms with Gasteiger partial charge in [-0.2, -0.15) is 0 Å². The van der Waals surface area contributed by atoms with Crippen LogP contribution in [-0.4, -0.2) is 30.6 Å². The Morgan fingerprint density at radius 3 is 0.907 bits per heavy atom. The van der Waals surface area contributed by atoms with Crippen LogP contribution in [0.3, 0.4) is 0 Å². The fourth-order valence-electron chi connectivity index (χ4n) is 11.3. The van der Waals surface area contributed by atoms with Gasteiger partial charge in [0.15, 0.2) is 0 Å². The van der Waals surface area contributed by atoms with E-state index in [1.54, 1.807) is 0 Å². The van der Waals surface area contributed by atoms with E-state index in [2.05, 4.69) is 319 Å². The van der Waals surface area contributed by atoms with Crippen molar-refractivity contribution in [1.29, 1.82) is 0 Å². The van der Waals surface area contributed by atoms with Gasteiger partial charge in [0.2, 0.25) is 0 Å². The molecule has 9 rings (SSSR count). The Bertz CT molecular complexity index is 3930. The number of hydrogen-bond donors (Lipinski definition) is 3. The molecule has 86 heavy (non-hydrogen) atoms. The molecule has 5 heterocycles. The van der Waals surface area contributed by atoms with Crippen molar-refractivity contribution in [3.63, 3.8) is 0 Å². The normalized spacial score (nSPS) is 13.8. The summed E-state index contributed by atoms with van der Waals surface area (Å²) >= 11 is 2.08. The predicted octanol–water partition coefficient (Wildman–Crippen LogP) is 22.2. The first-order chi connectivity index (χ1) is 39.5. The number of halogens is 1. The molecule has 452 valence electrons. The van der Waals surface area contributed by atoms with Gasteiger partial charge in [-0.25, -0.2) is 14.8 Å². The summed E-state index contributed by atoms with van der Waals surface area (Å²) in [5.74, 6) is 0. The first-order valence-corrected chi connectivity index (χ1v) is 32.4. The second kappa shape index (κ2) is 22.3. The molecule has 0 aliphatic carbocycles. The molecule has 7 aromatic rings. The van der Waals surface area contributed by atoms with Crippen LogP contribution < -0.4 is 5.32 Å². The van der Waals surface area contributed by atoms with Gasteiger partial charge in [0.25, 0.3) is 0 Å². The van der Waals surface area contributed by atoms with E-state index in [0.717, 1.165) is 78.0 Å². The number of H-pyrrole nitrogens is 2. The van der Waals surface area contributed by atoms with E-state index in [-0.39, 0.29) is 47.9 Å². The van der Waals surface area contributed by atoms with Crippen LogP contribution in [0.1, 0.15) is 233 Å². The zero-order valence-corrected chi connectivity index (χ0v) is 58.4. The molecular weight excluding hydrogens is 1170 g/mol. The van der Waals surface area contributed by atoms with Crippen molar-refractivity contribution in [3.05, 3.63) is 164 Å². The number of rotatable bonds is 6. The third-order valence-electron chi connectivity index (χ3n) is 17.1. The lowest BCUT2D eigenvalue weighted by Crippen LogP contribution is -2.22. The molecule has 3 aromatic heterocycles. The van der Waals surface area contributed by atoms with Crippen molar-refractivity contribution >= 4 is 74.7 Å². The quantitative estimate of drug-likeness (QED) is 0.114. The smallest absolute Gasteiger partial charge is 0.412 e. The number of aromatic nitrogens is 4. The summed E-state index contributed by atoms with van der Waals surface area (Å²) in [5, 5.41) is 3.26. The number of alkyl halides is 1. The summed E-state index contributed by atoms with van der Waals surface area (Å²) in [6.07, 6.45) is 5.94. The highest BCUT2D eigenvalue weighted by atomic mass is 127. The van der Waals surface area contributed by atoms with Gasteiger partial charge in [-0.3, -0.25) is 5.32 Å². The van der Waals surface area contributed by atoms with Gasteiger partial charge in [0, 0.05) is 44.3 Å². The summed E-state index contributed by atoms with van der Waals surface area (Å²) < 4.78 is 5.92. The third-order valence-corrected chi connectivity index (χ3v) is 17.4. The molecule has 4 aromatic carbocycles. The molecule has 7 nitrogen and oxygen atoms in total. The molecule has 0 saturated carbocycles. The molecule has 0 atom stereocenters. The van der Waals surface area contributed by atoms with Crippen molar-refractivity contribution in [2.24, 2.45) is 0 Å². The fourth-order valence-corrected chi connectivity index (χ4v) is 11.6. The van der Waals surface area contributed by atoms with Gasteiger partial charge >= 0.3 is 6.09 Å². The molecule has 1 amide bonds. The van der Waals surface area contributed by atoms with E-state index in [1.165, 1.54) is 44.5 Å². The Balaban J connectivity index is 1.61. The van der Waals surface area contributed by atoms with E-state index in [1.807, 2.05) is 0 Å². The third kappa shape index (κ3) is 13.5. The number of hydrogen-bond acceptors (Lipinski definition) is 4. The average Bonchev–Trinajstić information content (AvgIpc) is 1.64. The van der Waals surface area contributed by atoms with Crippen LogP contribution in [-0.2, 0) is 48.1 Å². The molecule has 0 fully saturated rings. The standard InChI is InChI=1S/C78H96IN5O2/c1-71(2,3)49-31-45(32-50(39-49)72(4,5)6)65-57-25-26-58(80-57)66(46-33-51(73(7,8)9)40-52(34-46)74(10,11)12)60-29-30-62(82-60)68(48-37-55(77(19,20)21)42-56(38-48)78(22,23)24)69-64(84-70(85)86-44-79)43-63(83-69)67(61-28-27-59(65)81-61)47-35-53(75(13,14)15)41-54(36-47)76(16,17)18/h25-43,81-82H,44H2,1-24H3,(H,84,85). The van der Waals surface area contributed by atoms with Crippen molar-refractivity contribution in [2.75, 3.05) is 4.61 Å². The highest BCUT2D eigenvalue weighted by Gasteiger charge is 2.31. The van der Waals surface area contributed by atoms with Gasteiger partial charge in [-0.1, -0.05) is 239 Å². The van der Waals surface area contributed by atoms with Gasteiger partial charge in [0.1, 0.15) is 4.61 Å². The van der Waals surface area contributed by atoms with Crippen molar-refractivity contribution in [3.8, 4) is 44.5 Å². The number of benzene rings is 4. The Hall–Kier alpha value is -6.52. The van der Waals surface area contributed by atoms with Crippen LogP contribution in [0.2, 0.25) is 0 Å². The molecule has 0 saturated heterocycles. The largest absolute Gasteiger partial charge is 0.439 e. The minimum Gasteiger partial charge on any atom is -0.439 e. The van der Waals surface area contributed by atoms with Gasteiger partial charge in [-0.15, -0.1) is 0 Å². The highest BCUT2D eigenvalue weighted by Crippen LogP contribution is 2.46. The minimum absolute atomic E-state index is 0.145. The van der Waals surface area contributed by atoms with Gasteiger partial charge in [0.05, 0.1) is 28.5 Å². The first kappa shape index (κ1) is 64.0.